The minimum absolute atomic E-state index is 0.0638. The van der Waals surface area contributed by atoms with Crippen LogP contribution in [0.25, 0.3) is 0 Å². The molecule has 0 saturated carbocycles. The molecule has 1 heterocycles. The zero-order valence-electron chi connectivity index (χ0n) is 16.7. The third-order valence-electron chi connectivity index (χ3n) is 3.70. The third kappa shape index (κ3) is 5.96. The normalized spacial score (nSPS) is 11.0. The lowest BCUT2D eigenvalue weighted by Gasteiger charge is -2.19. The predicted molar refractivity (Wildman–Crippen MR) is 107 cm³/mol. The van der Waals surface area contributed by atoms with Gasteiger partial charge < -0.3 is 15.2 Å². The van der Waals surface area contributed by atoms with E-state index in [0.717, 1.165) is 7.11 Å². The van der Waals surface area contributed by atoms with Crippen molar-refractivity contribution in [2.45, 2.75) is 39.5 Å². The Morgan fingerprint density at radius 2 is 1.90 bits per heavy atom. The number of rotatable bonds is 5. The number of esters is 1. The van der Waals surface area contributed by atoms with Crippen molar-refractivity contribution >= 4 is 23.4 Å². The number of hydrogen-bond donors (Lipinski definition) is 2. The van der Waals surface area contributed by atoms with E-state index >= 15 is 0 Å². The molecule has 0 aliphatic carbocycles. The topological polar surface area (TPSA) is 135 Å². The molecule has 0 spiro atoms. The van der Waals surface area contributed by atoms with Crippen LogP contribution in [0, 0.1) is 0 Å². The Hall–Kier alpha value is -3.56. The molecule has 29 heavy (non-hydrogen) atoms. The van der Waals surface area contributed by atoms with Crippen LogP contribution in [0.15, 0.2) is 40.1 Å². The van der Waals surface area contributed by atoms with Crippen LogP contribution < -0.4 is 22.3 Å². The van der Waals surface area contributed by atoms with E-state index < -0.39 is 35.5 Å². The van der Waals surface area contributed by atoms with Gasteiger partial charge in [-0.3, -0.25) is 19.5 Å². The molecule has 3 N–H and O–H groups in total. The molecule has 2 aromatic rings. The number of anilines is 2. The molecule has 156 valence electrons. The van der Waals surface area contributed by atoms with Crippen molar-refractivity contribution in [1.29, 1.82) is 0 Å². The first kappa shape index (κ1) is 21.7. The van der Waals surface area contributed by atoms with Gasteiger partial charge in [0, 0.05) is 11.9 Å². The Morgan fingerprint density at radius 1 is 1.21 bits per heavy atom. The van der Waals surface area contributed by atoms with Gasteiger partial charge in [0.1, 0.15) is 17.8 Å². The van der Waals surface area contributed by atoms with Gasteiger partial charge in [-0.2, -0.15) is 0 Å². The fourth-order valence-electron chi connectivity index (χ4n) is 2.49. The first-order valence-electron chi connectivity index (χ1n) is 8.75. The molecular formula is C19H24N4O6. The first-order chi connectivity index (χ1) is 13.5. The van der Waals surface area contributed by atoms with Crippen molar-refractivity contribution < 1.29 is 19.1 Å². The van der Waals surface area contributed by atoms with Crippen molar-refractivity contribution in [2.24, 2.45) is 0 Å². The molecule has 0 radical (unpaired) electrons. The van der Waals surface area contributed by atoms with Gasteiger partial charge in [0.05, 0.1) is 13.7 Å². The third-order valence-corrected chi connectivity index (χ3v) is 3.70. The van der Waals surface area contributed by atoms with E-state index in [1.54, 1.807) is 45.0 Å². The standard InChI is InChI=1S/C19H24N4O6/c1-19(2,3)29-17(26)21-13-7-5-6-12(8-13)9-22-10-14(20)16(25)23(18(22)27)11-15(24)28-4/h5-8,10H,9,11,20H2,1-4H3,(H,21,26). The smallest absolute Gasteiger partial charge is 0.412 e. The predicted octanol–water partition coefficient (Wildman–Crippen LogP) is 1.16. The van der Waals surface area contributed by atoms with Crippen LogP contribution in [0.3, 0.4) is 0 Å². The van der Waals surface area contributed by atoms with Crippen molar-refractivity contribution in [3.8, 4) is 0 Å². The maximum absolute atomic E-state index is 12.6. The summed E-state index contributed by atoms with van der Waals surface area (Å²) in [5, 5.41) is 2.62. The Kier molecular flexibility index (Phi) is 6.47. The van der Waals surface area contributed by atoms with Crippen molar-refractivity contribution in [3.63, 3.8) is 0 Å². The Bertz CT molecular complexity index is 1030. The summed E-state index contributed by atoms with van der Waals surface area (Å²) in [7, 11) is 1.15. The fourth-order valence-corrected chi connectivity index (χ4v) is 2.49. The molecule has 1 aromatic carbocycles. The maximum Gasteiger partial charge on any atom is 0.412 e. The minimum atomic E-state index is -0.767. The number of nitrogens with two attached hydrogens (primary N) is 1. The molecule has 0 unspecified atom stereocenters. The van der Waals surface area contributed by atoms with Gasteiger partial charge in [-0.1, -0.05) is 12.1 Å². The highest BCUT2D eigenvalue weighted by molar-refractivity contribution is 5.84. The second-order valence-corrected chi connectivity index (χ2v) is 7.29. The van der Waals surface area contributed by atoms with Gasteiger partial charge in [-0.15, -0.1) is 0 Å². The van der Waals surface area contributed by atoms with E-state index in [0.29, 0.717) is 15.8 Å². The summed E-state index contributed by atoms with van der Waals surface area (Å²) in [5.41, 5.74) is 4.53. The van der Waals surface area contributed by atoms with Crippen LogP contribution in [-0.2, 0) is 27.4 Å². The highest BCUT2D eigenvalue weighted by atomic mass is 16.6. The Labute approximate surface area is 166 Å². The largest absolute Gasteiger partial charge is 0.468 e. The van der Waals surface area contributed by atoms with E-state index in [4.69, 9.17) is 10.5 Å². The van der Waals surface area contributed by atoms with Gasteiger partial charge in [0.2, 0.25) is 0 Å². The number of amides is 1. The number of methoxy groups -OCH3 is 1. The number of benzene rings is 1. The van der Waals surface area contributed by atoms with Gasteiger partial charge in [0.15, 0.2) is 0 Å². The molecule has 10 heteroatoms. The zero-order chi connectivity index (χ0) is 21.8. The molecular weight excluding hydrogens is 380 g/mol. The number of nitrogens with one attached hydrogen (secondary N) is 1. The summed E-state index contributed by atoms with van der Waals surface area (Å²) in [4.78, 5) is 48.1. The van der Waals surface area contributed by atoms with Crippen molar-refractivity contribution in [2.75, 3.05) is 18.2 Å². The second-order valence-electron chi connectivity index (χ2n) is 7.29. The lowest BCUT2D eigenvalue weighted by molar-refractivity contribution is -0.141. The van der Waals surface area contributed by atoms with Crippen LogP contribution in [-0.4, -0.2) is 33.9 Å². The molecule has 10 nitrogen and oxygen atoms in total. The molecule has 0 saturated heterocycles. The van der Waals surface area contributed by atoms with Crippen molar-refractivity contribution in [1.82, 2.24) is 9.13 Å². The molecule has 0 bridgehead atoms. The van der Waals surface area contributed by atoms with Gasteiger partial charge in [-0.05, 0) is 38.5 Å². The molecule has 1 aromatic heterocycles. The number of carbonyl (C=O) groups excluding carboxylic acids is 2. The Balaban J connectivity index is 2.28. The Morgan fingerprint density at radius 3 is 2.52 bits per heavy atom. The van der Waals surface area contributed by atoms with Gasteiger partial charge in [0.25, 0.3) is 5.56 Å². The summed E-state index contributed by atoms with van der Waals surface area (Å²) >= 11 is 0. The molecule has 0 aliphatic rings. The van der Waals surface area contributed by atoms with E-state index in [2.05, 4.69) is 10.1 Å². The number of nitrogens with zero attached hydrogens (tertiary/aromatic N) is 2. The van der Waals surface area contributed by atoms with Crippen LogP contribution in [0.2, 0.25) is 0 Å². The monoisotopic (exact) mass is 404 g/mol. The minimum Gasteiger partial charge on any atom is -0.468 e. The molecule has 0 fully saturated rings. The molecule has 2 rings (SSSR count). The quantitative estimate of drug-likeness (QED) is 0.714. The van der Waals surface area contributed by atoms with Crippen LogP contribution in [0.4, 0.5) is 16.2 Å². The highest BCUT2D eigenvalue weighted by Crippen LogP contribution is 2.14. The first-order valence-corrected chi connectivity index (χ1v) is 8.75. The van der Waals surface area contributed by atoms with Crippen LogP contribution in [0.1, 0.15) is 26.3 Å². The summed E-state index contributed by atoms with van der Waals surface area (Å²) in [6.07, 6.45) is 0.606. The highest BCUT2D eigenvalue weighted by Gasteiger charge is 2.17. The lowest BCUT2D eigenvalue weighted by atomic mass is 10.2. The van der Waals surface area contributed by atoms with E-state index in [-0.39, 0.29) is 12.2 Å². The van der Waals surface area contributed by atoms with Crippen molar-refractivity contribution in [3.05, 3.63) is 56.9 Å². The van der Waals surface area contributed by atoms with Crippen LogP contribution in [0.5, 0.6) is 0 Å². The number of carbonyl (C=O) groups is 2. The summed E-state index contributed by atoms with van der Waals surface area (Å²) in [5.74, 6) is -0.745. The van der Waals surface area contributed by atoms with E-state index in [1.807, 2.05) is 0 Å². The number of ether oxygens (including phenoxy) is 2. The van der Waals surface area contributed by atoms with Gasteiger partial charge >= 0.3 is 17.8 Å². The average Bonchev–Trinajstić information content (AvgIpc) is 2.61. The molecule has 0 aliphatic heterocycles. The van der Waals surface area contributed by atoms with Gasteiger partial charge in [-0.25, -0.2) is 14.2 Å². The maximum atomic E-state index is 12.6. The van der Waals surface area contributed by atoms with Crippen LogP contribution >= 0.6 is 0 Å². The van der Waals surface area contributed by atoms with E-state index in [9.17, 15) is 19.2 Å². The average molecular weight is 404 g/mol. The number of nitrogen functional groups attached to an aromatic ring is 1. The molecule has 0 atom stereocenters. The summed E-state index contributed by atoms with van der Waals surface area (Å²) in [6.45, 7) is 4.78. The summed E-state index contributed by atoms with van der Waals surface area (Å²) < 4.78 is 11.6. The molecule has 1 amide bonds. The SMILES string of the molecule is COC(=O)Cn1c(=O)c(N)cn(Cc2cccc(NC(=O)OC(C)(C)C)c2)c1=O. The summed E-state index contributed by atoms with van der Waals surface area (Å²) in [6, 6.07) is 6.75. The number of hydrogen-bond acceptors (Lipinski definition) is 7. The lowest BCUT2D eigenvalue weighted by Crippen LogP contribution is -2.42. The van der Waals surface area contributed by atoms with E-state index in [1.165, 1.54) is 10.8 Å². The zero-order valence-corrected chi connectivity index (χ0v) is 16.7. The fraction of sp³-hybridized carbons (Fsp3) is 0.368. The number of aromatic nitrogens is 2. The second kappa shape index (κ2) is 8.63.